The number of thiophene rings is 1. The number of rotatable bonds is 5. The van der Waals surface area contributed by atoms with Gasteiger partial charge in [0.1, 0.15) is 4.21 Å². The molecule has 1 aliphatic rings. The molecule has 25 heavy (non-hydrogen) atoms. The predicted octanol–water partition coefficient (Wildman–Crippen LogP) is 2.37. The SMILES string of the molecule is CN(C(=O)c1cccc(NS(=O)(=O)c2cccs2)c1)C1CCNCC1. The van der Waals surface area contributed by atoms with Crippen LogP contribution in [-0.4, -0.2) is 45.4 Å². The lowest BCUT2D eigenvalue weighted by atomic mass is 10.0. The molecule has 1 aromatic heterocycles. The van der Waals surface area contributed by atoms with Gasteiger partial charge in [0.25, 0.3) is 15.9 Å². The van der Waals surface area contributed by atoms with Gasteiger partial charge in [-0.25, -0.2) is 8.42 Å². The quantitative estimate of drug-likeness (QED) is 0.836. The van der Waals surface area contributed by atoms with Gasteiger partial charge in [-0.1, -0.05) is 12.1 Å². The highest BCUT2D eigenvalue weighted by molar-refractivity contribution is 7.94. The largest absolute Gasteiger partial charge is 0.339 e. The number of hydrogen-bond acceptors (Lipinski definition) is 5. The summed E-state index contributed by atoms with van der Waals surface area (Å²) in [7, 11) is -1.81. The van der Waals surface area contributed by atoms with Crippen LogP contribution >= 0.6 is 11.3 Å². The number of carbonyl (C=O) groups is 1. The smallest absolute Gasteiger partial charge is 0.271 e. The van der Waals surface area contributed by atoms with Crippen molar-refractivity contribution in [2.24, 2.45) is 0 Å². The molecule has 1 aliphatic heterocycles. The molecule has 2 N–H and O–H groups in total. The zero-order chi connectivity index (χ0) is 17.9. The second-order valence-electron chi connectivity index (χ2n) is 6.02. The first kappa shape index (κ1) is 17.9. The number of nitrogens with zero attached hydrogens (tertiary/aromatic N) is 1. The molecule has 1 amide bonds. The zero-order valence-electron chi connectivity index (χ0n) is 13.9. The summed E-state index contributed by atoms with van der Waals surface area (Å²) in [4.78, 5) is 14.5. The summed E-state index contributed by atoms with van der Waals surface area (Å²) < 4.78 is 27.4. The minimum atomic E-state index is -3.62. The van der Waals surface area contributed by atoms with Crippen LogP contribution in [0.1, 0.15) is 23.2 Å². The third-order valence-corrected chi connectivity index (χ3v) is 7.08. The maximum atomic E-state index is 12.7. The van der Waals surface area contributed by atoms with E-state index in [1.165, 1.54) is 0 Å². The average molecular weight is 380 g/mol. The molecule has 3 rings (SSSR count). The van der Waals surface area contributed by atoms with Gasteiger partial charge in [0.15, 0.2) is 0 Å². The molecule has 0 radical (unpaired) electrons. The Hall–Kier alpha value is -1.90. The maximum absolute atomic E-state index is 12.7. The summed E-state index contributed by atoms with van der Waals surface area (Å²) in [6, 6.07) is 10.1. The number of benzene rings is 1. The van der Waals surface area contributed by atoms with E-state index in [1.54, 1.807) is 53.7 Å². The second-order valence-corrected chi connectivity index (χ2v) is 8.87. The zero-order valence-corrected chi connectivity index (χ0v) is 15.6. The Kier molecular flexibility index (Phi) is 5.41. The molecule has 0 bridgehead atoms. The summed E-state index contributed by atoms with van der Waals surface area (Å²) >= 11 is 1.15. The number of carbonyl (C=O) groups excluding carboxylic acids is 1. The van der Waals surface area contributed by atoms with Gasteiger partial charge in [0.2, 0.25) is 0 Å². The van der Waals surface area contributed by atoms with Gasteiger partial charge in [0.05, 0.1) is 0 Å². The van der Waals surface area contributed by atoms with Crippen LogP contribution in [0, 0.1) is 0 Å². The summed E-state index contributed by atoms with van der Waals surface area (Å²) in [6.45, 7) is 1.81. The fourth-order valence-corrected chi connectivity index (χ4v) is 4.94. The van der Waals surface area contributed by atoms with E-state index in [0.717, 1.165) is 37.3 Å². The summed E-state index contributed by atoms with van der Waals surface area (Å²) in [5.74, 6) is -0.0935. The third kappa shape index (κ3) is 4.20. The van der Waals surface area contributed by atoms with E-state index in [0.29, 0.717) is 11.3 Å². The fraction of sp³-hybridized carbons (Fsp3) is 0.353. The number of sulfonamides is 1. The summed E-state index contributed by atoms with van der Waals surface area (Å²) in [5, 5.41) is 4.99. The van der Waals surface area contributed by atoms with Crippen LogP contribution in [0.5, 0.6) is 0 Å². The van der Waals surface area contributed by atoms with Crippen LogP contribution in [0.4, 0.5) is 5.69 Å². The molecule has 0 saturated carbocycles. The molecular weight excluding hydrogens is 358 g/mol. The highest BCUT2D eigenvalue weighted by Crippen LogP contribution is 2.22. The first-order chi connectivity index (χ1) is 12.0. The van der Waals surface area contributed by atoms with Crippen molar-refractivity contribution in [3.8, 4) is 0 Å². The highest BCUT2D eigenvalue weighted by atomic mass is 32.2. The first-order valence-corrected chi connectivity index (χ1v) is 10.5. The second kappa shape index (κ2) is 7.55. The molecule has 1 aromatic carbocycles. The highest BCUT2D eigenvalue weighted by Gasteiger charge is 2.23. The van der Waals surface area contributed by atoms with Gasteiger partial charge in [-0.2, -0.15) is 0 Å². The Morgan fingerprint density at radius 2 is 2.00 bits per heavy atom. The van der Waals surface area contributed by atoms with Gasteiger partial charge < -0.3 is 10.2 Å². The number of amides is 1. The van der Waals surface area contributed by atoms with Crippen LogP contribution in [0.25, 0.3) is 0 Å². The van der Waals surface area contributed by atoms with Crippen LogP contribution in [0.3, 0.4) is 0 Å². The molecule has 1 saturated heterocycles. The molecule has 2 aromatic rings. The van der Waals surface area contributed by atoms with Gasteiger partial charge >= 0.3 is 0 Å². The number of anilines is 1. The summed E-state index contributed by atoms with van der Waals surface area (Å²) in [6.07, 6.45) is 1.85. The van der Waals surface area contributed by atoms with Crippen LogP contribution < -0.4 is 10.0 Å². The third-order valence-electron chi connectivity index (χ3n) is 4.30. The van der Waals surface area contributed by atoms with Crippen molar-refractivity contribution in [1.82, 2.24) is 10.2 Å². The maximum Gasteiger partial charge on any atom is 0.271 e. The average Bonchev–Trinajstić information content (AvgIpc) is 3.17. The van der Waals surface area contributed by atoms with Crippen molar-refractivity contribution >= 4 is 33.0 Å². The Morgan fingerprint density at radius 1 is 1.24 bits per heavy atom. The molecule has 0 spiro atoms. The number of nitrogens with one attached hydrogen (secondary N) is 2. The Bertz CT molecular complexity index is 829. The van der Waals surface area contributed by atoms with Gasteiger partial charge in [-0.05, 0) is 55.6 Å². The molecule has 8 heteroatoms. The first-order valence-electron chi connectivity index (χ1n) is 8.11. The standard InChI is InChI=1S/C17H21N3O3S2/c1-20(15-7-9-18-10-8-15)17(21)13-4-2-5-14(12-13)19-25(22,23)16-6-3-11-24-16/h2-6,11-12,15,18-19H,7-10H2,1H3. The van der Waals surface area contributed by atoms with E-state index in [9.17, 15) is 13.2 Å². The van der Waals surface area contributed by atoms with Crippen molar-refractivity contribution in [2.75, 3.05) is 24.9 Å². The lowest BCUT2D eigenvalue weighted by Gasteiger charge is -2.31. The number of hydrogen-bond donors (Lipinski definition) is 2. The topological polar surface area (TPSA) is 78.5 Å². The van der Waals surface area contributed by atoms with Crippen molar-refractivity contribution in [1.29, 1.82) is 0 Å². The van der Waals surface area contributed by atoms with Crippen molar-refractivity contribution in [3.05, 3.63) is 47.3 Å². The molecular formula is C17H21N3O3S2. The minimum Gasteiger partial charge on any atom is -0.339 e. The van der Waals surface area contributed by atoms with E-state index in [2.05, 4.69) is 10.0 Å². The molecule has 134 valence electrons. The molecule has 6 nitrogen and oxygen atoms in total. The predicted molar refractivity (Wildman–Crippen MR) is 99.6 cm³/mol. The van der Waals surface area contributed by atoms with Crippen molar-refractivity contribution in [3.63, 3.8) is 0 Å². The van der Waals surface area contributed by atoms with E-state index >= 15 is 0 Å². The van der Waals surface area contributed by atoms with Gasteiger partial charge in [0, 0.05) is 24.3 Å². The van der Waals surface area contributed by atoms with E-state index < -0.39 is 10.0 Å². The molecule has 1 fully saturated rings. The molecule has 2 heterocycles. The number of piperidine rings is 1. The van der Waals surface area contributed by atoms with Crippen molar-refractivity contribution < 1.29 is 13.2 Å². The van der Waals surface area contributed by atoms with Gasteiger partial charge in [-0.3, -0.25) is 9.52 Å². The molecule has 0 unspecified atom stereocenters. The van der Waals surface area contributed by atoms with Crippen LogP contribution in [0.15, 0.2) is 46.0 Å². The lowest BCUT2D eigenvalue weighted by molar-refractivity contribution is 0.0703. The lowest BCUT2D eigenvalue weighted by Crippen LogP contribution is -2.43. The fourth-order valence-electron chi connectivity index (χ4n) is 2.90. The summed E-state index contributed by atoms with van der Waals surface area (Å²) in [5.41, 5.74) is 0.866. The van der Waals surface area contributed by atoms with Gasteiger partial charge in [-0.15, -0.1) is 11.3 Å². The van der Waals surface area contributed by atoms with E-state index in [4.69, 9.17) is 0 Å². The Balaban J connectivity index is 1.76. The minimum absolute atomic E-state index is 0.0935. The molecule has 0 aliphatic carbocycles. The Morgan fingerprint density at radius 3 is 2.68 bits per heavy atom. The monoisotopic (exact) mass is 379 g/mol. The normalized spacial score (nSPS) is 15.7. The van der Waals surface area contributed by atoms with Crippen LogP contribution in [0.2, 0.25) is 0 Å². The Labute approximate surface area is 151 Å². The molecule has 0 atom stereocenters. The van der Waals surface area contributed by atoms with E-state index in [1.807, 2.05) is 0 Å². The van der Waals surface area contributed by atoms with Crippen molar-refractivity contribution in [2.45, 2.75) is 23.1 Å². The van der Waals surface area contributed by atoms with Crippen LogP contribution in [-0.2, 0) is 10.0 Å². The van der Waals surface area contributed by atoms with E-state index in [-0.39, 0.29) is 16.2 Å².